The molecule has 1 aliphatic heterocycles. The van der Waals surface area contributed by atoms with E-state index in [1.54, 1.807) is 7.11 Å². The fourth-order valence-corrected chi connectivity index (χ4v) is 2.55. The van der Waals surface area contributed by atoms with E-state index in [4.69, 9.17) is 10.5 Å². The molecular weight excluding hydrogens is 266 g/mol. The molecule has 1 heterocycles. The lowest BCUT2D eigenvalue weighted by Gasteiger charge is -2.38. The Bertz CT molecular complexity index is 482. The van der Waals surface area contributed by atoms with Crippen molar-refractivity contribution < 1.29 is 9.53 Å². The first-order valence-electron chi connectivity index (χ1n) is 7.47. The molecule has 1 saturated heterocycles. The number of carbonyl (C=O) groups excluding carboxylic acids is 1. The van der Waals surface area contributed by atoms with Crippen LogP contribution >= 0.6 is 0 Å². The number of nitrogens with zero attached hydrogens (tertiary/aromatic N) is 2. The normalized spacial score (nSPS) is 17.0. The highest BCUT2D eigenvalue weighted by Gasteiger charge is 2.27. The summed E-state index contributed by atoms with van der Waals surface area (Å²) >= 11 is 0. The predicted octanol–water partition coefficient (Wildman–Crippen LogP) is 1.33. The Labute approximate surface area is 126 Å². The lowest BCUT2D eigenvalue weighted by atomic mass is 10.0. The van der Waals surface area contributed by atoms with Crippen LogP contribution in [0.5, 0.6) is 5.75 Å². The molecule has 0 saturated carbocycles. The molecule has 0 radical (unpaired) electrons. The van der Waals surface area contributed by atoms with Crippen LogP contribution in [-0.4, -0.2) is 50.1 Å². The Balaban J connectivity index is 1.99. The molecular formula is C16H25N3O2. The number of rotatable bonds is 4. The van der Waals surface area contributed by atoms with Gasteiger partial charge >= 0.3 is 0 Å². The number of nitrogens with two attached hydrogens (primary N) is 1. The fraction of sp³-hybridized carbons (Fsp3) is 0.562. The van der Waals surface area contributed by atoms with Crippen LogP contribution in [-0.2, 0) is 4.79 Å². The number of carbonyl (C=O) groups is 1. The number of methoxy groups -OCH3 is 1. The second-order valence-electron chi connectivity index (χ2n) is 5.75. The SMILES string of the molecule is COc1ccccc1N1CCN(C(=O)[C@@H](N)C(C)C)CC1. The Morgan fingerprint density at radius 2 is 1.81 bits per heavy atom. The molecule has 1 fully saturated rings. The lowest BCUT2D eigenvalue weighted by molar-refractivity contribution is -0.133. The zero-order valence-corrected chi connectivity index (χ0v) is 13.1. The zero-order valence-electron chi connectivity index (χ0n) is 13.1. The molecule has 116 valence electrons. The van der Waals surface area contributed by atoms with Crippen LogP contribution in [0, 0.1) is 5.92 Å². The van der Waals surface area contributed by atoms with Crippen molar-refractivity contribution in [2.75, 3.05) is 38.2 Å². The largest absolute Gasteiger partial charge is 0.495 e. The highest BCUT2D eigenvalue weighted by Crippen LogP contribution is 2.28. The molecule has 1 atom stereocenters. The summed E-state index contributed by atoms with van der Waals surface area (Å²) < 4.78 is 5.40. The molecule has 1 aromatic rings. The van der Waals surface area contributed by atoms with Gasteiger partial charge in [-0.3, -0.25) is 4.79 Å². The van der Waals surface area contributed by atoms with E-state index in [1.165, 1.54) is 0 Å². The van der Waals surface area contributed by atoms with Crippen molar-refractivity contribution in [3.8, 4) is 5.75 Å². The molecule has 5 nitrogen and oxygen atoms in total. The lowest BCUT2D eigenvalue weighted by Crippen LogP contribution is -2.54. The number of para-hydroxylation sites is 2. The fourth-order valence-electron chi connectivity index (χ4n) is 2.55. The summed E-state index contributed by atoms with van der Waals surface area (Å²) in [5.74, 6) is 1.10. The number of hydrogen-bond acceptors (Lipinski definition) is 4. The topological polar surface area (TPSA) is 58.8 Å². The van der Waals surface area contributed by atoms with Crippen LogP contribution in [0.3, 0.4) is 0 Å². The van der Waals surface area contributed by atoms with Crippen LogP contribution in [0.2, 0.25) is 0 Å². The number of hydrogen-bond donors (Lipinski definition) is 1. The Morgan fingerprint density at radius 3 is 2.38 bits per heavy atom. The first-order valence-corrected chi connectivity index (χ1v) is 7.47. The summed E-state index contributed by atoms with van der Waals surface area (Å²) in [4.78, 5) is 16.4. The minimum Gasteiger partial charge on any atom is -0.495 e. The quantitative estimate of drug-likeness (QED) is 0.909. The second kappa shape index (κ2) is 6.80. The molecule has 1 aromatic carbocycles. The molecule has 2 N–H and O–H groups in total. The first-order chi connectivity index (χ1) is 10.0. The third-order valence-electron chi connectivity index (χ3n) is 4.02. The number of benzene rings is 1. The average molecular weight is 291 g/mol. The van der Waals surface area contributed by atoms with Gasteiger partial charge in [0.15, 0.2) is 0 Å². The monoisotopic (exact) mass is 291 g/mol. The van der Waals surface area contributed by atoms with Crippen molar-refractivity contribution >= 4 is 11.6 Å². The van der Waals surface area contributed by atoms with Gasteiger partial charge in [-0.05, 0) is 18.1 Å². The third kappa shape index (κ3) is 3.47. The Kier molecular flexibility index (Phi) is 5.07. The second-order valence-corrected chi connectivity index (χ2v) is 5.75. The van der Waals surface area contributed by atoms with Crippen molar-refractivity contribution in [3.63, 3.8) is 0 Å². The number of amides is 1. The van der Waals surface area contributed by atoms with Gasteiger partial charge in [-0.25, -0.2) is 0 Å². The van der Waals surface area contributed by atoms with Gasteiger partial charge in [-0.1, -0.05) is 26.0 Å². The van der Waals surface area contributed by atoms with Crippen molar-refractivity contribution in [1.82, 2.24) is 4.90 Å². The average Bonchev–Trinajstić information content (AvgIpc) is 2.53. The summed E-state index contributed by atoms with van der Waals surface area (Å²) in [6.07, 6.45) is 0. The molecule has 21 heavy (non-hydrogen) atoms. The molecule has 0 aromatic heterocycles. The number of piperazine rings is 1. The van der Waals surface area contributed by atoms with Gasteiger partial charge < -0.3 is 20.3 Å². The molecule has 0 aliphatic carbocycles. The van der Waals surface area contributed by atoms with Crippen molar-refractivity contribution in [3.05, 3.63) is 24.3 Å². The van der Waals surface area contributed by atoms with Gasteiger partial charge in [-0.15, -0.1) is 0 Å². The molecule has 5 heteroatoms. The number of ether oxygens (including phenoxy) is 1. The summed E-state index contributed by atoms with van der Waals surface area (Å²) in [6.45, 7) is 6.98. The summed E-state index contributed by atoms with van der Waals surface area (Å²) in [6, 6.07) is 7.58. The van der Waals surface area contributed by atoms with Gasteiger partial charge in [-0.2, -0.15) is 0 Å². The van der Waals surface area contributed by atoms with E-state index in [-0.39, 0.29) is 11.8 Å². The minimum absolute atomic E-state index is 0.0599. The zero-order chi connectivity index (χ0) is 15.4. The molecule has 2 rings (SSSR count). The van der Waals surface area contributed by atoms with Gasteiger partial charge in [0.25, 0.3) is 0 Å². The van der Waals surface area contributed by atoms with Crippen LogP contribution in [0.1, 0.15) is 13.8 Å². The van der Waals surface area contributed by atoms with E-state index >= 15 is 0 Å². The van der Waals surface area contributed by atoms with E-state index in [2.05, 4.69) is 11.0 Å². The molecule has 0 bridgehead atoms. The summed E-state index contributed by atoms with van der Waals surface area (Å²) in [5, 5.41) is 0. The molecule has 1 aliphatic rings. The van der Waals surface area contributed by atoms with Gasteiger partial charge in [0, 0.05) is 26.2 Å². The van der Waals surface area contributed by atoms with E-state index in [1.807, 2.05) is 36.9 Å². The third-order valence-corrected chi connectivity index (χ3v) is 4.02. The predicted molar refractivity (Wildman–Crippen MR) is 84.6 cm³/mol. The van der Waals surface area contributed by atoms with E-state index in [0.29, 0.717) is 13.1 Å². The minimum atomic E-state index is -0.400. The molecule has 0 spiro atoms. The summed E-state index contributed by atoms with van der Waals surface area (Å²) in [5.41, 5.74) is 7.04. The van der Waals surface area contributed by atoms with Crippen molar-refractivity contribution in [2.45, 2.75) is 19.9 Å². The standard InChI is InChI=1S/C16H25N3O2/c1-12(2)15(17)16(20)19-10-8-18(9-11-19)13-6-4-5-7-14(13)21-3/h4-7,12,15H,8-11,17H2,1-3H3/t15-/m0/s1. The number of anilines is 1. The van der Waals surface area contributed by atoms with Gasteiger partial charge in [0.05, 0.1) is 18.8 Å². The highest BCUT2D eigenvalue weighted by molar-refractivity contribution is 5.82. The van der Waals surface area contributed by atoms with E-state index in [0.717, 1.165) is 24.5 Å². The van der Waals surface area contributed by atoms with Crippen molar-refractivity contribution in [2.24, 2.45) is 11.7 Å². The maximum Gasteiger partial charge on any atom is 0.239 e. The molecule has 1 amide bonds. The van der Waals surface area contributed by atoms with E-state index in [9.17, 15) is 4.79 Å². The van der Waals surface area contributed by atoms with Crippen LogP contribution in [0.4, 0.5) is 5.69 Å². The van der Waals surface area contributed by atoms with Crippen molar-refractivity contribution in [1.29, 1.82) is 0 Å². The maximum atomic E-state index is 12.3. The van der Waals surface area contributed by atoms with E-state index < -0.39 is 6.04 Å². The van der Waals surface area contributed by atoms with Crippen LogP contribution in [0.15, 0.2) is 24.3 Å². The first kappa shape index (κ1) is 15.6. The summed E-state index contributed by atoms with van der Waals surface area (Å²) in [7, 11) is 1.68. The Morgan fingerprint density at radius 1 is 1.19 bits per heavy atom. The maximum absolute atomic E-state index is 12.3. The van der Waals surface area contributed by atoms with Crippen LogP contribution in [0.25, 0.3) is 0 Å². The Hall–Kier alpha value is -1.75. The van der Waals surface area contributed by atoms with Gasteiger partial charge in [0.2, 0.25) is 5.91 Å². The van der Waals surface area contributed by atoms with Gasteiger partial charge in [0.1, 0.15) is 5.75 Å². The smallest absolute Gasteiger partial charge is 0.239 e. The van der Waals surface area contributed by atoms with Crippen LogP contribution < -0.4 is 15.4 Å². The highest BCUT2D eigenvalue weighted by atomic mass is 16.5. The molecule has 0 unspecified atom stereocenters.